The topological polar surface area (TPSA) is 55.6 Å². The summed E-state index contributed by atoms with van der Waals surface area (Å²) in [5.74, 6) is 5.77. The molecule has 0 bridgehead atoms. The Hall–Kier alpha value is -1.83. The maximum absolute atomic E-state index is 12.7. The molecule has 1 amide bonds. The highest BCUT2D eigenvalue weighted by atomic mass is 16.5. The molecule has 0 unspecified atom stereocenters. The fraction of sp³-hybridized carbons (Fsp3) is 0.471. The molecule has 0 fully saturated rings. The Labute approximate surface area is 127 Å². The van der Waals surface area contributed by atoms with E-state index in [9.17, 15) is 4.79 Å². The van der Waals surface area contributed by atoms with Crippen molar-refractivity contribution in [2.24, 2.45) is 5.73 Å². The molecule has 0 aliphatic heterocycles. The van der Waals surface area contributed by atoms with Crippen molar-refractivity contribution in [2.75, 3.05) is 32.8 Å². The van der Waals surface area contributed by atoms with Crippen LogP contribution in [0.4, 0.5) is 0 Å². The van der Waals surface area contributed by atoms with Crippen molar-refractivity contribution in [1.82, 2.24) is 4.90 Å². The largest absolute Gasteiger partial charge is 0.380 e. The van der Waals surface area contributed by atoms with Crippen LogP contribution < -0.4 is 5.73 Å². The molecule has 1 rings (SSSR count). The molecule has 0 spiro atoms. The Bertz CT molecular complexity index is 529. The highest BCUT2D eigenvalue weighted by Crippen LogP contribution is 2.14. The van der Waals surface area contributed by atoms with E-state index >= 15 is 0 Å². The zero-order valence-electron chi connectivity index (χ0n) is 13.1. The number of benzene rings is 1. The van der Waals surface area contributed by atoms with E-state index in [2.05, 4.69) is 11.8 Å². The number of likely N-dealkylation sites (N-methyl/N-ethyl adjacent to an activating group) is 1. The van der Waals surface area contributed by atoms with Gasteiger partial charge in [-0.05, 0) is 32.9 Å². The molecule has 4 nitrogen and oxygen atoms in total. The zero-order chi connectivity index (χ0) is 15.7. The summed E-state index contributed by atoms with van der Waals surface area (Å²) in [7, 11) is 0. The van der Waals surface area contributed by atoms with Crippen molar-refractivity contribution in [3.63, 3.8) is 0 Å². The van der Waals surface area contributed by atoms with Gasteiger partial charge in [-0.25, -0.2) is 0 Å². The van der Waals surface area contributed by atoms with Crippen LogP contribution in [-0.2, 0) is 4.74 Å². The molecule has 21 heavy (non-hydrogen) atoms. The molecule has 2 N–H and O–H groups in total. The maximum atomic E-state index is 12.7. The van der Waals surface area contributed by atoms with E-state index in [-0.39, 0.29) is 12.5 Å². The van der Waals surface area contributed by atoms with E-state index in [1.54, 1.807) is 4.90 Å². The van der Waals surface area contributed by atoms with Gasteiger partial charge in [0.15, 0.2) is 0 Å². The molecule has 0 aromatic heterocycles. The Balaban J connectivity index is 3.00. The number of hydrogen-bond donors (Lipinski definition) is 1. The number of carbonyl (C=O) groups excluding carboxylic acids is 1. The van der Waals surface area contributed by atoms with E-state index in [1.807, 2.05) is 39.0 Å². The molecule has 0 radical (unpaired) electrons. The molecule has 114 valence electrons. The molecule has 0 heterocycles. The lowest BCUT2D eigenvalue weighted by atomic mass is 10.0. The number of amides is 1. The average molecular weight is 288 g/mol. The van der Waals surface area contributed by atoms with Gasteiger partial charge in [0, 0.05) is 25.3 Å². The van der Waals surface area contributed by atoms with Crippen LogP contribution in [0.2, 0.25) is 0 Å². The highest BCUT2D eigenvalue weighted by Gasteiger charge is 2.17. The maximum Gasteiger partial charge on any atom is 0.255 e. The van der Waals surface area contributed by atoms with Crippen LogP contribution in [0.25, 0.3) is 0 Å². The Kier molecular flexibility index (Phi) is 7.52. The van der Waals surface area contributed by atoms with Crippen molar-refractivity contribution in [2.45, 2.75) is 20.8 Å². The molecule has 4 heteroatoms. The smallest absolute Gasteiger partial charge is 0.255 e. The number of aryl methyl sites for hydroxylation is 1. The lowest BCUT2D eigenvalue weighted by Crippen LogP contribution is -2.34. The highest BCUT2D eigenvalue weighted by molar-refractivity contribution is 5.97. The van der Waals surface area contributed by atoms with Crippen LogP contribution in [0.1, 0.15) is 35.3 Å². The van der Waals surface area contributed by atoms with Gasteiger partial charge in [0.05, 0.1) is 18.7 Å². The Morgan fingerprint density at radius 2 is 2.14 bits per heavy atom. The third kappa shape index (κ3) is 5.22. The lowest BCUT2D eigenvalue weighted by molar-refractivity contribution is 0.0669. The second-order valence-corrected chi connectivity index (χ2v) is 4.64. The fourth-order valence-electron chi connectivity index (χ4n) is 1.98. The van der Waals surface area contributed by atoms with Gasteiger partial charge in [-0.15, -0.1) is 0 Å². The monoisotopic (exact) mass is 288 g/mol. The second kappa shape index (κ2) is 9.17. The van der Waals surface area contributed by atoms with Crippen LogP contribution in [0.5, 0.6) is 0 Å². The SMILES string of the molecule is CCOCCN(CC)C(=O)c1cc(C)ccc1C#CCN. The number of nitrogens with two attached hydrogens (primary N) is 1. The molecule has 1 aromatic carbocycles. The predicted molar refractivity (Wildman–Crippen MR) is 85.2 cm³/mol. The van der Waals surface area contributed by atoms with Gasteiger partial charge in [-0.2, -0.15) is 0 Å². The summed E-state index contributed by atoms with van der Waals surface area (Å²) in [6.45, 7) is 8.58. The fourth-order valence-corrected chi connectivity index (χ4v) is 1.98. The normalized spacial score (nSPS) is 9.90. The molecule has 0 saturated carbocycles. The van der Waals surface area contributed by atoms with E-state index in [4.69, 9.17) is 10.5 Å². The third-order valence-corrected chi connectivity index (χ3v) is 3.11. The molecular formula is C17H24N2O2. The van der Waals surface area contributed by atoms with E-state index in [1.165, 1.54) is 0 Å². The summed E-state index contributed by atoms with van der Waals surface area (Å²) in [6, 6.07) is 5.71. The first kappa shape index (κ1) is 17.2. The van der Waals surface area contributed by atoms with Crippen LogP contribution in [0, 0.1) is 18.8 Å². The minimum absolute atomic E-state index is 0.0118. The minimum Gasteiger partial charge on any atom is -0.380 e. The first-order valence-corrected chi connectivity index (χ1v) is 7.30. The van der Waals surface area contributed by atoms with Gasteiger partial charge >= 0.3 is 0 Å². The van der Waals surface area contributed by atoms with Gasteiger partial charge < -0.3 is 15.4 Å². The number of hydrogen-bond acceptors (Lipinski definition) is 3. The molecule has 0 saturated heterocycles. The number of carbonyl (C=O) groups is 1. The van der Waals surface area contributed by atoms with E-state index in [0.29, 0.717) is 31.9 Å². The summed E-state index contributed by atoms with van der Waals surface area (Å²) in [5.41, 5.74) is 7.81. The van der Waals surface area contributed by atoms with Crippen molar-refractivity contribution >= 4 is 5.91 Å². The molecule has 1 aromatic rings. The quantitative estimate of drug-likeness (QED) is 0.641. The summed E-state index contributed by atoms with van der Waals surface area (Å²) >= 11 is 0. The third-order valence-electron chi connectivity index (χ3n) is 3.11. The van der Waals surface area contributed by atoms with Gasteiger partial charge in [0.25, 0.3) is 5.91 Å². The summed E-state index contributed by atoms with van der Waals surface area (Å²) in [4.78, 5) is 14.5. The standard InChI is InChI=1S/C17H24N2O2/c1-4-19(11-12-21-5-2)17(20)16-13-14(3)8-9-15(16)7-6-10-18/h8-9,13H,4-5,10-12,18H2,1-3H3. The van der Waals surface area contributed by atoms with Crippen molar-refractivity contribution < 1.29 is 9.53 Å². The molecule has 0 aliphatic carbocycles. The summed E-state index contributed by atoms with van der Waals surface area (Å²) in [5, 5.41) is 0. The summed E-state index contributed by atoms with van der Waals surface area (Å²) < 4.78 is 5.33. The zero-order valence-corrected chi connectivity index (χ0v) is 13.1. The van der Waals surface area contributed by atoms with E-state index < -0.39 is 0 Å². The second-order valence-electron chi connectivity index (χ2n) is 4.64. The minimum atomic E-state index is -0.0118. The van der Waals surface area contributed by atoms with Crippen molar-refractivity contribution in [3.05, 3.63) is 34.9 Å². The number of rotatable bonds is 6. The first-order chi connectivity index (χ1) is 10.1. The number of nitrogens with zero attached hydrogens (tertiary/aromatic N) is 1. The van der Waals surface area contributed by atoms with Gasteiger partial charge in [-0.1, -0.05) is 23.5 Å². The molecular weight excluding hydrogens is 264 g/mol. The molecule has 0 atom stereocenters. The average Bonchev–Trinajstić information content (AvgIpc) is 2.50. The van der Waals surface area contributed by atoms with Gasteiger partial charge in [-0.3, -0.25) is 4.79 Å². The summed E-state index contributed by atoms with van der Waals surface area (Å²) in [6.07, 6.45) is 0. The Morgan fingerprint density at radius 3 is 2.76 bits per heavy atom. The van der Waals surface area contributed by atoms with Crippen molar-refractivity contribution in [1.29, 1.82) is 0 Å². The van der Waals surface area contributed by atoms with Gasteiger partial charge in [0.2, 0.25) is 0 Å². The molecule has 0 aliphatic rings. The lowest BCUT2D eigenvalue weighted by Gasteiger charge is -2.21. The predicted octanol–water partition coefficient (Wildman–Crippen LogP) is 1.80. The van der Waals surface area contributed by atoms with Crippen LogP contribution >= 0.6 is 0 Å². The van der Waals surface area contributed by atoms with Crippen LogP contribution in [0.15, 0.2) is 18.2 Å². The van der Waals surface area contributed by atoms with Gasteiger partial charge in [0.1, 0.15) is 0 Å². The number of ether oxygens (including phenoxy) is 1. The first-order valence-electron chi connectivity index (χ1n) is 7.30. The van der Waals surface area contributed by atoms with Crippen LogP contribution in [-0.4, -0.2) is 43.7 Å². The van der Waals surface area contributed by atoms with Crippen molar-refractivity contribution in [3.8, 4) is 11.8 Å². The Morgan fingerprint density at radius 1 is 1.38 bits per heavy atom. The van der Waals surface area contributed by atoms with E-state index in [0.717, 1.165) is 11.1 Å². The van der Waals surface area contributed by atoms with Crippen LogP contribution in [0.3, 0.4) is 0 Å².